The van der Waals surface area contributed by atoms with Gasteiger partial charge < -0.3 is 15.5 Å². The van der Waals surface area contributed by atoms with Gasteiger partial charge in [0.15, 0.2) is 0 Å². The van der Waals surface area contributed by atoms with Gasteiger partial charge in [-0.25, -0.2) is 4.39 Å². The van der Waals surface area contributed by atoms with Crippen LogP contribution in [0.4, 0.5) is 10.1 Å². The van der Waals surface area contributed by atoms with Crippen molar-refractivity contribution in [2.45, 2.75) is 52.5 Å². The Hall–Kier alpha value is -2.81. The molecular weight excluding hydrogens is 369 g/mol. The molecule has 154 valence electrons. The van der Waals surface area contributed by atoms with Crippen LogP contribution in [0.5, 0.6) is 0 Å². The number of hydrogen-bond acceptors (Lipinski definition) is 3. The lowest BCUT2D eigenvalue weighted by Crippen LogP contribution is -2.48. The van der Waals surface area contributed by atoms with Crippen molar-refractivity contribution < 1.29 is 14.0 Å². The maximum absolute atomic E-state index is 15.2. The van der Waals surface area contributed by atoms with Crippen LogP contribution in [0.15, 0.2) is 11.6 Å². The van der Waals surface area contributed by atoms with E-state index in [9.17, 15) is 9.59 Å². The first-order chi connectivity index (χ1) is 13.8. The smallest absolute Gasteiger partial charge is 0.298 e. The third-order valence-electron chi connectivity index (χ3n) is 6.04. The minimum Gasteiger partial charge on any atom is -0.367 e. The molecule has 6 heteroatoms. The number of nitrogens with zero attached hydrogens (tertiary/aromatic N) is 2. The van der Waals surface area contributed by atoms with Crippen LogP contribution in [0.25, 0.3) is 5.57 Å². The van der Waals surface area contributed by atoms with E-state index in [1.54, 1.807) is 11.9 Å². The lowest BCUT2D eigenvalue weighted by Gasteiger charge is -2.39. The maximum Gasteiger partial charge on any atom is 0.298 e. The minimum atomic E-state index is -0.606. The van der Waals surface area contributed by atoms with Gasteiger partial charge in [0.1, 0.15) is 5.82 Å². The highest BCUT2D eigenvalue weighted by molar-refractivity contribution is 5.99. The third kappa shape index (κ3) is 3.87. The second-order valence-electron chi connectivity index (χ2n) is 7.87. The highest BCUT2D eigenvalue weighted by atomic mass is 19.1. The van der Waals surface area contributed by atoms with Gasteiger partial charge >= 0.3 is 0 Å². The predicted molar refractivity (Wildman–Crippen MR) is 113 cm³/mol. The van der Waals surface area contributed by atoms with Crippen LogP contribution in [0.2, 0.25) is 0 Å². The number of likely N-dealkylation sites (N-methyl/N-ethyl adjacent to an activating group) is 1. The van der Waals surface area contributed by atoms with Crippen LogP contribution in [-0.2, 0) is 11.2 Å². The average molecular weight is 397 g/mol. The van der Waals surface area contributed by atoms with Crippen molar-refractivity contribution in [3.05, 3.63) is 34.1 Å². The van der Waals surface area contributed by atoms with Crippen LogP contribution in [0.1, 0.15) is 61.5 Å². The molecule has 0 saturated carbocycles. The SMILES string of the molecule is CCC#CC(=O)N(C)[C@H]1CCCN(c2c(F)cc(C(N)=O)c3c2C(C)=C(C)C3)C1. The first kappa shape index (κ1) is 20.9. The molecule has 1 aliphatic carbocycles. The fourth-order valence-corrected chi connectivity index (χ4v) is 4.30. The molecule has 1 heterocycles. The van der Waals surface area contributed by atoms with Gasteiger partial charge in [-0.1, -0.05) is 18.4 Å². The average Bonchev–Trinajstić information content (AvgIpc) is 2.99. The molecule has 1 atom stereocenters. The van der Waals surface area contributed by atoms with E-state index in [1.807, 2.05) is 25.7 Å². The number of fused-ring (bicyclic) bond motifs is 1. The van der Waals surface area contributed by atoms with Gasteiger partial charge in [0.05, 0.1) is 5.69 Å². The molecule has 3 rings (SSSR count). The molecule has 29 heavy (non-hydrogen) atoms. The summed E-state index contributed by atoms with van der Waals surface area (Å²) in [5.74, 6) is 4.22. The largest absolute Gasteiger partial charge is 0.367 e. The Morgan fingerprint density at radius 2 is 2.10 bits per heavy atom. The third-order valence-corrected chi connectivity index (χ3v) is 6.04. The summed E-state index contributed by atoms with van der Waals surface area (Å²) in [4.78, 5) is 27.9. The highest BCUT2D eigenvalue weighted by Crippen LogP contribution is 2.43. The van der Waals surface area contributed by atoms with E-state index in [0.29, 0.717) is 31.6 Å². The standard InChI is InChI=1S/C23H28FN3O2/c1-5-6-9-20(28)26(4)16-8-7-10-27(13-16)22-19(24)12-18(23(25)29)17-11-14(2)15(3)21(17)22/h12,16H,5,7-8,10-11,13H2,1-4H3,(H2,25,29)/t16-/m0/s1. The van der Waals surface area contributed by atoms with Crippen molar-refractivity contribution in [2.24, 2.45) is 5.73 Å². The number of primary amides is 1. The molecule has 1 aromatic rings. The number of piperidine rings is 1. The molecule has 2 aliphatic rings. The van der Waals surface area contributed by atoms with Crippen LogP contribution in [0, 0.1) is 17.7 Å². The topological polar surface area (TPSA) is 66.6 Å². The van der Waals surface area contributed by atoms with Gasteiger partial charge in [-0.15, -0.1) is 0 Å². The number of amides is 2. The highest BCUT2D eigenvalue weighted by Gasteiger charge is 2.33. The number of carbonyl (C=O) groups is 2. The molecular formula is C23H28FN3O2. The lowest BCUT2D eigenvalue weighted by atomic mass is 9.95. The molecule has 0 radical (unpaired) electrons. The zero-order valence-electron chi connectivity index (χ0n) is 17.6. The number of benzene rings is 1. The van der Waals surface area contributed by atoms with Crippen molar-refractivity contribution in [2.75, 3.05) is 25.0 Å². The van der Waals surface area contributed by atoms with Crippen LogP contribution in [0.3, 0.4) is 0 Å². The number of nitrogens with two attached hydrogens (primary N) is 1. The van der Waals surface area contributed by atoms with Gasteiger partial charge in [0.2, 0.25) is 5.91 Å². The van der Waals surface area contributed by atoms with E-state index in [0.717, 1.165) is 35.1 Å². The van der Waals surface area contributed by atoms with Crippen LogP contribution in [-0.4, -0.2) is 42.9 Å². The molecule has 2 amide bonds. The normalized spacial score (nSPS) is 18.2. The number of halogens is 1. The number of anilines is 1. The van der Waals surface area contributed by atoms with Crippen LogP contribution >= 0.6 is 0 Å². The van der Waals surface area contributed by atoms with Gasteiger partial charge in [-0.2, -0.15) is 0 Å². The molecule has 5 nitrogen and oxygen atoms in total. The van der Waals surface area contributed by atoms with E-state index in [4.69, 9.17) is 5.73 Å². The van der Waals surface area contributed by atoms with E-state index in [-0.39, 0.29) is 17.5 Å². The summed E-state index contributed by atoms with van der Waals surface area (Å²) < 4.78 is 15.2. The quantitative estimate of drug-likeness (QED) is 0.797. The molecule has 2 N–H and O–H groups in total. The van der Waals surface area contributed by atoms with E-state index in [1.165, 1.54) is 6.07 Å². The molecule has 1 aliphatic heterocycles. The Bertz CT molecular complexity index is 955. The fourth-order valence-electron chi connectivity index (χ4n) is 4.30. The molecule has 0 unspecified atom stereocenters. The minimum absolute atomic E-state index is 0.0416. The fraction of sp³-hybridized carbons (Fsp3) is 0.478. The van der Waals surface area contributed by atoms with Gasteiger partial charge in [0.25, 0.3) is 5.91 Å². The molecule has 1 aromatic carbocycles. The summed E-state index contributed by atoms with van der Waals surface area (Å²) in [7, 11) is 1.76. The summed E-state index contributed by atoms with van der Waals surface area (Å²) >= 11 is 0. The first-order valence-electron chi connectivity index (χ1n) is 10.1. The summed E-state index contributed by atoms with van der Waals surface area (Å²) in [6.45, 7) is 7.10. The predicted octanol–water partition coefficient (Wildman–Crippen LogP) is 3.11. The summed E-state index contributed by atoms with van der Waals surface area (Å²) in [6, 6.07) is 1.23. The van der Waals surface area contributed by atoms with Gasteiger partial charge in [-0.05, 0) is 56.2 Å². The second kappa shape index (κ2) is 8.28. The summed E-state index contributed by atoms with van der Waals surface area (Å²) in [5.41, 5.74) is 10.0. The van der Waals surface area contributed by atoms with E-state index in [2.05, 4.69) is 11.8 Å². The monoisotopic (exact) mass is 397 g/mol. The Morgan fingerprint density at radius 1 is 1.38 bits per heavy atom. The molecule has 1 saturated heterocycles. The van der Waals surface area contributed by atoms with Crippen molar-refractivity contribution >= 4 is 23.1 Å². The van der Waals surface area contributed by atoms with Crippen molar-refractivity contribution in [1.82, 2.24) is 4.90 Å². The van der Waals surface area contributed by atoms with Gasteiger partial charge in [-0.3, -0.25) is 9.59 Å². The Labute approximate surface area is 171 Å². The summed E-state index contributed by atoms with van der Waals surface area (Å²) in [5, 5.41) is 0. The van der Waals surface area contributed by atoms with E-state index < -0.39 is 11.7 Å². The van der Waals surface area contributed by atoms with Crippen LogP contribution < -0.4 is 10.6 Å². The maximum atomic E-state index is 15.2. The second-order valence-corrected chi connectivity index (χ2v) is 7.87. The number of rotatable bonds is 3. The zero-order chi connectivity index (χ0) is 21.3. The number of allylic oxidation sites excluding steroid dienone is 2. The Balaban J connectivity index is 1.98. The van der Waals surface area contributed by atoms with E-state index >= 15 is 4.39 Å². The Morgan fingerprint density at radius 3 is 2.76 bits per heavy atom. The molecule has 0 bridgehead atoms. The molecule has 0 aromatic heterocycles. The zero-order valence-corrected chi connectivity index (χ0v) is 17.6. The first-order valence-corrected chi connectivity index (χ1v) is 10.1. The Kier molecular flexibility index (Phi) is 5.97. The van der Waals surface area contributed by atoms with Crippen molar-refractivity contribution in [3.63, 3.8) is 0 Å². The van der Waals surface area contributed by atoms with Gasteiger partial charge in [0, 0.05) is 43.7 Å². The molecule has 0 spiro atoms. The molecule has 1 fully saturated rings. The summed E-state index contributed by atoms with van der Waals surface area (Å²) in [6.07, 6.45) is 2.93. The van der Waals surface area contributed by atoms with Crippen molar-refractivity contribution in [1.29, 1.82) is 0 Å². The van der Waals surface area contributed by atoms with Crippen molar-refractivity contribution in [3.8, 4) is 11.8 Å². The number of carbonyl (C=O) groups excluding carboxylic acids is 2. The lowest BCUT2D eigenvalue weighted by molar-refractivity contribution is -0.126. The number of hydrogen-bond donors (Lipinski definition) is 1.